The van der Waals surface area contributed by atoms with Crippen LogP contribution >= 0.6 is 15.9 Å². The second kappa shape index (κ2) is 9.24. The number of benzene rings is 1. The average Bonchev–Trinajstić information content (AvgIpc) is 2.47. The highest BCUT2D eigenvalue weighted by Crippen LogP contribution is 2.37. The molecular formula is C16H26BrNO2. The van der Waals surface area contributed by atoms with Gasteiger partial charge in [0.25, 0.3) is 0 Å². The first kappa shape index (κ1) is 17.3. The average molecular weight is 344 g/mol. The number of unbranched alkanes of at least 4 members (excludes halogenated alkanes) is 4. The number of hydrogen-bond acceptors (Lipinski definition) is 3. The van der Waals surface area contributed by atoms with Crippen LogP contribution < -0.4 is 15.2 Å². The van der Waals surface area contributed by atoms with E-state index in [1.54, 1.807) is 14.2 Å². The molecule has 0 radical (unpaired) electrons. The van der Waals surface area contributed by atoms with E-state index in [4.69, 9.17) is 15.2 Å². The molecule has 20 heavy (non-hydrogen) atoms. The number of hydrogen-bond donors (Lipinski definition) is 1. The van der Waals surface area contributed by atoms with Gasteiger partial charge in [0.1, 0.15) is 16.0 Å². The second-order valence-electron chi connectivity index (χ2n) is 5.05. The van der Waals surface area contributed by atoms with E-state index in [-0.39, 0.29) is 6.04 Å². The Morgan fingerprint density at radius 2 is 1.60 bits per heavy atom. The van der Waals surface area contributed by atoms with Gasteiger partial charge in [-0.15, -0.1) is 0 Å². The summed E-state index contributed by atoms with van der Waals surface area (Å²) < 4.78 is 11.5. The molecule has 2 N–H and O–H groups in total. The Bertz CT molecular complexity index is 384. The summed E-state index contributed by atoms with van der Waals surface area (Å²) in [7, 11) is 3.30. The minimum atomic E-state index is 0.0347. The SMILES string of the molecule is CCCCCCCC(N)c1cc(OC)c(Br)c(OC)c1. The summed E-state index contributed by atoms with van der Waals surface area (Å²) in [5, 5.41) is 0. The van der Waals surface area contributed by atoms with E-state index in [0.29, 0.717) is 0 Å². The molecule has 0 saturated carbocycles. The van der Waals surface area contributed by atoms with E-state index in [1.807, 2.05) is 12.1 Å². The van der Waals surface area contributed by atoms with E-state index in [0.717, 1.165) is 28.0 Å². The molecule has 0 aliphatic rings. The zero-order valence-corrected chi connectivity index (χ0v) is 14.3. The molecule has 0 amide bonds. The maximum absolute atomic E-state index is 6.28. The molecule has 0 heterocycles. The fourth-order valence-electron chi connectivity index (χ4n) is 2.24. The highest BCUT2D eigenvalue weighted by molar-refractivity contribution is 9.10. The number of halogens is 1. The van der Waals surface area contributed by atoms with Gasteiger partial charge < -0.3 is 15.2 Å². The highest BCUT2D eigenvalue weighted by Gasteiger charge is 2.14. The van der Waals surface area contributed by atoms with Crippen molar-refractivity contribution < 1.29 is 9.47 Å². The third kappa shape index (κ3) is 4.98. The van der Waals surface area contributed by atoms with E-state index in [9.17, 15) is 0 Å². The molecule has 114 valence electrons. The molecule has 0 aliphatic carbocycles. The molecule has 1 aromatic carbocycles. The molecule has 1 atom stereocenters. The minimum absolute atomic E-state index is 0.0347. The number of ether oxygens (including phenoxy) is 2. The van der Waals surface area contributed by atoms with Gasteiger partial charge in [0, 0.05) is 6.04 Å². The van der Waals surface area contributed by atoms with Crippen molar-refractivity contribution in [2.75, 3.05) is 14.2 Å². The fourth-order valence-corrected chi connectivity index (χ4v) is 2.79. The van der Waals surface area contributed by atoms with Crippen LogP contribution in [0.5, 0.6) is 11.5 Å². The summed E-state index contributed by atoms with van der Waals surface area (Å²) >= 11 is 3.48. The molecule has 4 heteroatoms. The molecule has 1 rings (SSSR count). The third-order valence-electron chi connectivity index (χ3n) is 3.51. The van der Waals surface area contributed by atoms with Crippen LogP contribution in [-0.2, 0) is 0 Å². The Morgan fingerprint density at radius 1 is 1.05 bits per heavy atom. The van der Waals surface area contributed by atoms with Crippen LogP contribution in [0.3, 0.4) is 0 Å². The van der Waals surface area contributed by atoms with Crippen molar-refractivity contribution >= 4 is 15.9 Å². The fraction of sp³-hybridized carbons (Fsp3) is 0.625. The Kier molecular flexibility index (Phi) is 8.00. The number of nitrogens with two attached hydrogens (primary N) is 1. The molecule has 0 fully saturated rings. The van der Waals surface area contributed by atoms with Crippen molar-refractivity contribution in [2.24, 2.45) is 5.73 Å². The molecular weight excluding hydrogens is 318 g/mol. The molecule has 0 bridgehead atoms. The Hall–Kier alpha value is -0.740. The summed E-state index contributed by atoms with van der Waals surface area (Å²) in [5.41, 5.74) is 7.35. The van der Waals surface area contributed by atoms with E-state index < -0.39 is 0 Å². The highest BCUT2D eigenvalue weighted by atomic mass is 79.9. The van der Waals surface area contributed by atoms with Crippen molar-refractivity contribution in [1.29, 1.82) is 0 Å². The van der Waals surface area contributed by atoms with Crippen LogP contribution in [0.2, 0.25) is 0 Å². The number of methoxy groups -OCH3 is 2. The van der Waals surface area contributed by atoms with Crippen LogP contribution in [0, 0.1) is 0 Å². The van der Waals surface area contributed by atoms with Gasteiger partial charge in [-0.2, -0.15) is 0 Å². The summed E-state index contributed by atoms with van der Waals surface area (Å²) in [4.78, 5) is 0. The van der Waals surface area contributed by atoms with Crippen LogP contribution in [-0.4, -0.2) is 14.2 Å². The lowest BCUT2D eigenvalue weighted by molar-refractivity contribution is 0.387. The van der Waals surface area contributed by atoms with Gasteiger partial charge in [-0.3, -0.25) is 0 Å². The molecule has 1 unspecified atom stereocenters. The molecule has 0 aliphatic heterocycles. The largest absolute Gasteiger partial charge is 0.495 e. The van der Waals surface area contributed by atoms with Crippen molar-refractivity contribution in [3.05, 3.63) is 22.2 Å². The van der Waals surface area contributed by atoms with Gasteiger partial charge in [-0.1, -0.05) is 39.0 Å². The maximum atomic E-state index is 6.28. The predicted molar refractivity (Wildman–Crippen MR) is 87.6 cm³/mol. The zero-order chi connectivity index (χ0) is 15.0. The first-order chi connectivity index (χ1) is 9.63. The lowest BCUT2D eigenvalue weighted by Gasteiger charge is -2.16. The lowest BCUT2D eigenvalue weighted by atomic mass is 10.00. The second-order valence-corrected chi connectivity index (χ2v) is 5.84. The van der Waals surface area contributed by atoms with Gasteiger partial charge in [0.15, 0.2) is 0 Å². The van der Waals surface area contributed by atoms with Gasteiger partial charge in [0.2, 0.25) is 0 Å². The monoisotopic (exact) mass is 343 g/mol. The normalized spacial score (nSPS) is 12.2. The molecule has 1 aromatic rings. The summed E-state index contributed by atoms with van der Waals surface area (Å²) in [6.45, 7) is 2.23. The van der Waals surface area contributed by atoms with Crippen LogP contribution in [0.4, 0.5) is 0 Å². The predicted octanol–water partition coefficient (Wildman–Crippen LogP) is 4.83. The third-order valence-corrected chi connectivity index (χ3v) is 4.30. The zero-order valence-electron chi connectivity index (χ0n) is 12.7. The lowest BCUT2D eigenvalue weighted by Crippen LogP contribution is -2.10. The molecule has 0 spiro atoms. The van der Waals surface area contributed by atoms with Crippen molar-refractivity contribution in [2.45, 2.75) is 51.5 Å². The first-order valence-electron chi connectivity index (χ1n) is 7.31. The van der Waals surface area contributed by atoms with Crippen LogP contribution in [0.15, 0.2) is 16.6 Å². The maximum Gasteiger partial charge on any atom is 0.137 e. The van der Waals surface area contributed by atoms with E-state index in [2.05, 4.69) is 22.9 Å². The quantitative estimate of drug-likeness (QED) is 0.653. The van der Waals surface area contributed by atoms with Crippen molar-refractivity contribution in [1.82, 2.24) is 0 Å². The minimum Gasteiger partial charge on any atom is -0.495 e. The topological polar surface area (TPSA) is 44.5 Å². The summed E-state index contributed by atoms with van der Waals surface area (Å²) in [6, 6.07) is 4.01. The van der Waals surface area contributed by atoms with Crippen LogP contribution in [0.1, 0.15) is 57.1 Å². The molecule has 0 aromatic heterocycles. The molecule has 0 saturated heterocycles. The van der Waals surface area contributed by atoms with Gasteiger partial charge in [-0.25, -0.2) is 0 Å². The van der Waals surface area contributed by atoms with Crippen molar-refractivity contribution in [3.63, 3.8) is 0 Å². The molecule has 3 nitrogen and oxygen atoms in total. The van der Waals surface area contributed by atoms with Crippen LogP contribution in [0.25, 0.3) is 0 Å². The smallest absolute Gasteiger partial charge is 0.137 e. The first-order valence-corrected chi connectivity index (χ1v) is 8.10. The Morgan fingerprint density at radius 3 is 2.10 bits per heavy atom. The summed E-state index contributed by atoms with van der Waals surface area (Å²) in [6.07, 6.45) is 7.31. The van der Waals surface area contributed by atoms with E-state index in [1.165, 1.54) is 32.1 Å². The Labute approximate surface area is 131 Å². The standard InChI is InChI=1S/C16H26BrNO2/c1-4-5-6-7-8-9-13(18)12-10-14(19-2)16(17)15(11-12)20-3/h10-11,13H,4-9,18H2,1-3H3. The summed E-state index contributed by atoms with van der Waals surface area (Å²) in [5.74, 6) is 1.53. The van der Waals surface area contributed by atoms with Gasteiger partial charge in [-0.05, 0) is 40.0 Å². The van der Waals surface area contributed by atoms with E-state index >= 15 is 0 Å². The Balaban J connectivity index is 2.65. The number of rotatable bonds is 9. The van der Waals surface area contributed by atoms with Gasteiger partial charge in [0.05, 0.1) is 14.2 Å². The van der Waals surface area contributed by atoms with Gasteiger partial charge >= 0.3 is 0 Å². The van der Waals surface area contributed by atoms with Crippen molar-refractivity contribution in [3.8, 4) is 11.5 Å².